The van der Waals surface area contributed by atoms with E-state index in [0.717, 1.165) is 17.7 Å². The topological polar surface area (TPSA) is 50.9 Å². The third-order valence-corrected chi connectivity index (χ3v) is 3.05. The molecule has 0 fully saturated rings. The number of nitrogen functional groups attached to an aromatic ring is 1. The molecule has 1 aromatic heterocycles. The molecule has 0 bridgehead atoms. The number of pyridine rings is 1. The predicted molar refractivity (Wildman–Crippen MR) is 75.2 cm³/mol. The molecule has 3 nitrogen and oxygen atoms in total. The lowest BCUT2D eigenvalue weighted by Gasteiger charge is -2.19. The summed E-state index contributed by atoms with van der Waals surface area (Å²) in [5, 5.41) is 3.35. The molecule has 1 aromatic carbocycles. The second kappa shape index (κ2) is 6.29. The van der Waals surface area contributed by atoms with E-state index in [1.807, 2.05) is 25.1 Å². The lowest BCUT2D eigenvalue weighted by Crippen LogP contribution is -2.23. The van der Waals surface area contributed by atoms with Crippen molar-refractivity contribution in [3.63, 3.8) is 0 Å². The number of benzene rings is 1. The normalized spacial score (nSPS) is 12.3. The highest BCUT2D eigenvalue weighted by Gasteiger charge is 2.13. The van der Waals surface area contributed by atoms with Crippen LogP contribution < -0.4 is 11.1 Å². The van der Waals surface area contributed by atoms with Crippen molar-refractivity contribution in [2.24, 2.45) is 0 Å². The van der Waals surface area contributed by atoms with Gasteiger partial charge in [-0.3, -0.25) is 0 Å². The molecular formula is C15H18FN3. The second-order valence-corrected chi connectivity index (χ2v) is 4.42. The van der Waals surface area contributed by atoms with Crippen LogP contribution >= 0.6 is 0 Å². The number of nitrogens with two attached hydrogens (primary N) is 1. The van der Waals surface area contributed by atoms with Gasteiger partial charge in [0, 0.05) is 12.2 Å². The van der Waals surface area contributed by atoms with Gasteiger partial charge in [0.05, 0.1) is 0 Å². The molecule has 3 N–H and O–H groups in total. The minimum atomic E-state index is -0.223. The van der Waals surface area contributed by atoms with Crippen LogP contribution in [0.3, 0.4) is 0 Å². The number of anilines is 1. The molecule has 0 saturated carbocycles. The van der Waals surface area contributed by atoms with Crippen molar-refractivity contribution in [2.75, 3.05) is 12.3 Å². The molecule has 19 heavy (non-hydrogen) atoms. The third kappa shape index (κ3) is 3.51. The van der Waals surface area contributed by atoms with E-state index in [1.54, 1.807) is 18.3 Å². The number of aromatic nitrogens is 1. The summed E-state index contributed by atoms with van der Waals surface area (Å²) in [6.07, 6.45) is 2.36. The van der Waals surface area contributed by atoms with E-state index in [4.69, 9.17) is 5.73 Å². The minimum Gasteiger partial charge on any atom is -0.383 e. The van der Waals surface area contributed by atoms with Crippen LogP contribution in [0.1, 0.15) is 24.1 Å². The summed E-state index contributed by atoms with van der Waals surface area (Å²) in [5.41, 5.74) is 7.75. The maximum absolute atomic E-state index is 13.3. The van der Waals surface area contributed by atoms with Gasteiger partial charge in [0.1, 0.15) is 11.6 Å². The van der Waals surface area contributed by atoms with Gasteiger partial charge >= 0.3 is 0 Å². The Bertz CT molecular complexity index is 542. The molecule has 0 amide bonds. The quantitative estimate of drug-likeness (QED) is 0.868. The van der Waals surface area contributed by atoms with Gasteiger partial charge in [-0.05, 0) is 42.3 Å². The van der Waals surface area contributed by atoms with Crippen LogP contribution in [0.25, 0.3) is 0 Å². The molecule has 2 aromatic rings. The standard InChI is InChI=1S/C15H18FN3/c1-2-18-14(11-5-3-7-13(16)9-11)10-12-6-4-8-19-15(12)17/h3-9,14,18H,2,10H2,1H3,(H2,17,19). The molecular weight excluding hydrogens is 241 g/mol. The molecule has 1 atom stereocenters. The van der Waals surface area contributed by atoms with Crippen LogP contribution in [0.2, 0.25) is 0 Å². The predicted octanol–water partition coefficient (Wildman–Crippen LogP) is 2.70. The first kappa shape index (κ1) is 13.5. The number of likely N-dealkylation sites (N-methyl/N-ethyl adjacent to an activating group) is 1. The van der Waals surface area contributed by atoms with E-state index >= 15 is 0 Å². The molecule has 100 valence electrons. The van der Waals surface area contributed by atoms with Crippen molar-refractivity contribution in [3.05, 3.63) is 59.5 Å². The van der Waals surface area contributed by atoms with Gasteiger partial charge in [-0.25, -0.2) is 9.37 Å². The number of rotatable bonds is 5. The monoisotopic (exact) mass is 259 g/mol. The Morgan fingerprint density at radius 3 is 2.84 bits per heavy atom. The van der Waals surface area contributed by atoms with Crippen molar-refractivity contribution in [1.29, 1.82) is 0 Å². The van der Waals surface area contributed by atoms with Gasteiger partial charge in [0.15, 0.2) is 0 Å². The summed E-state index contributed by atoms with van der Waals surface area (Å²) < 4.78 is 13.3. The van der Waals surface area contributed by atoms with Crippen molar-refractivity contribution in [1.82, 2.24) is 10.3 Å². The van der Waals surface area contributed by atoms with Gasteiger partial charge in [-0.15, -0.1) is 0 Å². The summed E-state index contributed by atoms with van der Waals surface area (Å²) >= 11 is 0. The SMILES string of the molecule is CCNC(Cc1cccnc1N)c1cccc(F)c1. The summed E-state index contributed by atoms with van der Waals surface area (Å²) in [6.45, 7) is 2.83. The van der Waals surface area contributed by atoms with Crippen LogP contribution in [0, 0.1) is 5.82 Å². The highest BCUT2D eigenvalue weighted by Crippen LogP contribution is 2.21. The lowest BCUT2D eigenvalue weighted by molar-refractivity contribution is 0.543. The van der Waals surface area contributed by atoms with Gasteiger partial charge in [-0.2, -0.15) is 0 Å². The van der Waals surface area contributed by atoms with Crippen LogP contribution in [0.15, 0.2) is 42.6 Å². The van der Waals surface area contributed by atoms with Crippen LogP contribution in [-0.4, -0.2) is 11.5 Å². The fraction of sp³-hybridized carbons (Fsp3) is 0.267. The lowest BCUT2D eigenvalue weighted by atomic mass is 9.99. The van der Waals surface area contributed by atoms with Crippen molar-refractivity contribution in [3.8, 4) is 0 Å². The molecule has 0 spiro atoms. The summed E-state index contributed by atoms with van der Waals surface area (Å²) in [4.78, 5) is 4.08. The highest BCUT2D eigenvalue weighted by atomic mass is 19.1. The number of halogens is 1. The second-order valence-electron chi connectivity index (χ2n) is 4.42. The van der Waals surface area contributed by atoms with Gasteiger partial charge in [0.2, 0.25) is 0 Å². The number of nitrogens with zero attached hydrogens (tertiary/aromatic N) is 1. The maximum atomic E-state index is 13.3. The average Bonchev–Trinajstić information content (AvgIpc) is 2.40. The molecule has 0 aliphatic heterocycles. The average molecular weight is 259 g/mol. The number of hydrogen-bond acceptors (Lipinski definition) is 3. The first-order valence-corrected chi connectivity index (χ1v) is 6.39. The fourth-order valence-electron chi connectivity index (χ4n) is 2.12. The molecule has 0 radical (unpaired) electrons. The zero-order valence-electron chi connectivity index (χ0n) is 10.9. The van der Waals surface area contributed by atoms with Crippen molar-refractivity contribution in [2.45, 2.75) is 19.4 Å². The van der Waals surface area contributed by atoms with E-state index in [0.29, 0.717) is 12.2 Å². The van der Waals surface area contributed by atoms with Gasteiger partial charge < -0.3 is 11.1 Å². The molecule has 1 heterocycles. The highest BCUT2D eigenvalue weighted by molar-refractivity contribution is 5.39. The Labute approximate surface area is 112 Å². The summed E-state index contributed by atoms with van der Waals surface area (Å²) in [7, 11) is 0. The molecule has 0 aliphatic rings. The first-order valence-electron chi connectivity index (χ1n) is 6.39. The van der Waals surface area contributed by atoms with Gasteiger partial charge in [0.25, 0.3) is 0 Å². The van der Waals surface area contributed by atoms with Crippen molar-refractivity contribution >= 4 is 5.82 Å². The number of nitrogens with one attached hydrogen (secondary N) is 1. The maximum Gasteiger partial charge on any atom is 0.126 e. The zero-order chi connectivity index (χ0) is 13.7. The molecule has 0 saturated heterocycles. The molecule has 2 rings (SSSR count). The third-order valence-electron chi connectivity index (χ3n) is 3.05. The zero-order valence-corrected chi connectivity index (χ0v) is 10.9. The Morgan fingerprint density at radius 1 is 1.32 bits per heavy atom. The Morgan fingerprint density at radius 2 is 2.16 bits per heavy atom. The van der Waals surface area contributed by atoms with E-state index in [-0.39, 0.29) is 11.9 Å². The molecule has 0 aliphatic carbocycles. The largest absolute Gasteiger partial charge is 0.383 e. The van der Waals surface area contributed by atoms with Crippen molar-refractivity contribution < 1.29 is 4.39 Å². The first-order chi connectivity index (χ1) is 9.20. The molecule has 4 heteroatoms. The van der Waals surface area contributed by atoms with E-state index in [2.05, 4.69) is 10.3 Å². The van der Waals surface area contributed by atoms with Crippen LogP contribution in [-0.2, 0) is 6.42 Å². The van der Waals surface area contributed by atoms with E-state index < -0.39 is 0 Å². The van der Waals surface area contributed by atoms with Gasteiger partial charge in [-0.1, -0.05) is 25.1 Å². The smallest absolute Gasteiger partial charge is 0.126 e. The summed E-state index contributed by atoms with van der Waals surface area (Å²) in [5.74, 6) is 0.307. The summed E-state index contributed by atoms with van der Waals surface area (Å²) in [6, 6.07) is 10.5. The number of hydrogen-bond donors (Lipinski definition) is 2. The van der Waals surface area contributed by atoms with E-state index in [1.165, 1.54) is 6.07 Å². The Balaban J connectivity index is 2.24. The fourth-order valence-corrected chi connectivity index (χ4v) is 2.12. The van der Waals surface area contributed by atoms with Crippen LogP contribution in [0.4, 0.5) is 10.2 Å². The Hall–Kier alpha value is -1.94. The van der Waals surface area contributed by atoms with E-state index in [9.17, 15) is 4.39 Å². The Kier molecular flexibility index (Phi) is 4.47. The van der Waals surface area contributed by atoms with Crippen LogP contribution in [0.5, 0.6) is 0 Å². The minimum absolute atomic E-state index is 0.0344. The molecule has 1 unspecified atom stereocenters.